The molecule has 0 heterocycles. The second kappa shape index (κ2) is 8.70. The highest BCUT2D eigenvalue weighted by Crippen LogP contribution is 2.05. The van der Waals surface area contributed by atoms with Crippen LogP contribution in [0.5, 0.6) is 0 Å². The molecule has 0 aliphatic carbocycles. The van der Waals surface area contributed by atoms with Gasteiger partial charge in [0.25, 0.3) is 0 Å². The lowest BCUT2D eigenvalue weighted by Gasteiger charge is -2.19. The van der Waals surface area contributed by atoms with Crippen LogP contribution in [0.4, 0.5) is 0 Å². The first-order valence-corrected chi connectivity index (χ1v) is 6.81. The lowest BCUT2D eigenvalue weighted by Crippen LogP contribution is -2.28. The van der Waals surface area contributed by atoms with Crippen molar-refractivity contribution in [3.8, 4) is 0 Å². The quantitative estimate of drug-likeness (QED) is 0.400. The summed E-state index contributed by atoms with van der Waals surface area (Å²) in [6.45, 7) is 5.23. The van der Waals surface area contributed by atoms with Gasteiger partial charge in [0, 0.05) is 13.0 Å². The summed E-state index contributed by atoms with van der Waals surface area (Å²) in [7, 11) is 0. The van der Waals surface area contributed by atoms with Crippen molar-refractivity contribution in [2.45, 2.75) is 32.6 Å². The summed E-state index contributed by atoms with van der Waals surface area (Å²) in [6, 6.07) is 10.6. The summed E-state index contributed by atoms with van der Waals surface area (Å²) in [5.41, 5.74) is 6.80. The first-order valence-electron chi connectivity index (χ1n) is 6.81. The highest BCUT2D eigenvalue weighted by Gasteiger charge is 2.02. The van der Waals surface area contributed by atoms with Gasteiger partial charge in [-0.15, -0.1) is 0 Å². The number of nitrogens with zero attached hydrogens (tertiary/aromatic N) is 1. The van der Waals surface area contributed by atoms with Crippen molar-refractivity contribution in [3.05, 3.63) is 35.9 Å². The zero-order chi connectivity index (χ0) is 13.2. The van der Waals surface area contributed by atoms with Gasteiger partial charge in [-0.1, -0.05) is 37.3 Å². The van der Waals surface area contributed by atoms with Crippen LogP contribution in [0.2, 0.25) is 0 Å². The van der Waals surface area contributed by atoms with E-state index in [0.717, 1.165) is 26.1 Å². The molecule has 0 saturated heterocycles. The maximum atomic E-state index is 7.24. The molecule has 0 radical (unpaired) electrons. The SMILES string of the molecule is CCN(CCCCc1ccccc1)CCC(=N)N. The molecule has 0 spiro atoms. The summed E-state index contributed by atoms with van der Waals surface area (Å²) in [4.78, 5) is 2.37. The predicted octanol–water partition coefficient (Wildman–Crippen LogP) is 2.66. The van der Waals surface area contributed by atoms with Crippen molar-refractivity contribution in [2.75, 3.05) is 19.6 Å². The molecule has 0 saturated carbocycles. The van der Waals surface area contributed by atoms with Crippen LogP contribution in [0.25, 0.3) is 0 Å². The topological polar surface area (TPSA) is 53.1 Å². The van der Waals surface area contributed by atoms with Gasteiger partial charge < -0.3 is 10.6 Å². The van der Waals surface area contributed by atoms with Gasteiger partial charge in [-0.3, -0.25) is 5.41 Å². The molecular weight excluding hydrogens is 222 g/mol. The van der Waals surface area contributed by atoms with Gasteiger partial charge >= 0.3 is 0 Å². The minimum atomic E-state index is 0.290. The molecule has 0 aliphatic heterocycles. The summed E-state index contributed by atoms with van der Waals surface area (Å²) in [6.07, 6.45) is 4.28. The van der Waals surface area contributed by atoms with Crippen molar-refractivity contribution in [1.29, 1.82) is 5.41 Å². The molecule has 18 heavy (non-hydrogen) atoms. The molecule has 0 atom stereocenters. The van der Waals surface area contributed by atoms with Gasteiger partial charge in [0.1, 0.15) is 0 Å². The van der Waals surface area contributed by atoms with Crippen molar-refractivity contribution >= 4 is 5.84 Å². The average Bonchev–Trinajstić information content (AvgIpc) is 2.39. The highest BCUT2D eigenvalue weighted by atomic mass is 15.1. The minimum absolute atomic E-state index is 0.290. The van der Waals surface area contributed by atoms with Gasteiger partial charge in [0.05, 0.1) is 5.84 Å². The number of benzene rings is 1. The number of nitrogens with one attached hydrogen (secondary N) is 1. The van der Waals surface area contributed by atoms with Crippen LogP contribution in [0, 0.1) is 5.41 Å². The number of amidine groups is 1. The summed E-state index contributed by atoms with van der Waals surface area (Å²) < 4.78 is 0. The van der Waals surface area contributed by atoms with E-state index < -0.39 is 0 Å². The second-order valence-corrected chi connectivity index (χ2v) is 4.65. The Morgan fingerprint density at radius 2 is 1.89 bits per heavy atom. The van der Waals surface area contributed by atoms with E-state index in [4.69, 9.17) is 11.1 Å². The zero-order valence-corrected chi connectivity index (χ0v) is 11.4. The first kappa shape index (κ1) is 14.7. The Hall–Kier alpha value is -1.35. The summed E-state index contributed by atoms with van der Waals surface area (Å²) >= 11 is 0. The monoisotopic (exact) mass is 247 g/mol. The van der Waals surface area contributed by atoms with Crippen molar-refractivity contribution in [1.82, 2.24) is 4.90 Å². The molecule has 1 aromatic carbocycles. The van der Waals surface area contributed by atoms with Crippen molar-refractivity contribution in [2.24, 2.45) is 5.73 Å². The fraction of sp³-hybridized carbons (Fsp3) is 0.533. The van der Waals surface area contributed by atoms with E-state index in [1.807, 2.05) is 0 Å². The molecule has 0 amide bonds. The number of hydrogen-bond acceptors (Lipinski definition) is 2. The van der Waals surface area contributed by atoms with E-state index in [1.54, 1.807) is 0 Å². The van der Waals surface area contributed by atoms with Gasteiger partial charge in [0.15, 0.2) is 0 Å². The molecule has 1 aromatic rings. The molecule has 1 rings (SSSR count). The van der Waals surface area contributed by atoms with Crippen LogP contribution < -0.4 is 5.73 Å². The number of hydrogen-bond donors (Lipinski definition) is 2. The van der Waals surface area contributed by atoms with Crippen LogP contribution in [-0.2, 0) is 6.42 Å². The third kappa shape index (κ3) is 6.40. The van der Waals surface area contributed by atoms with E-state index >= 15 is 0 Å². The van der Waals surface area contributed by atoms with Gasteiger partial charge in [-0.25, -0.2) is 0 Å². The Bertz CT molecular complexity index is 335. The van der Waals surface area contributed by atoms with E-state index in [0.29, 0.717) is 6.42 Å². The standard InChI is InChI=1S/C15H25N3/c1-2-18(13-11-15(16)17)12-7-6-10-14-8-4-3-5-9-14/h3-5,8-9H,2,6-7,10-13H2,1H3,(H3,16,17). The Balaban J connectivity index is 2.13. The molecule has 0 aromatic heterocycles. The van der Waals surface area contributed by atoms with Crippen LogP contribution in [0.1, 0.15) is 31.7 Å². The van der Waals surface area contributed by atoms with E-state index in [1.165, 1.54) is 18.4 Å². The second-order valence-electron chi connectivity index (χ2n) is 4.65. The molecular formula is C15H25N3. The Kier molecular flexibility index (Phi) is 7.11. The number of aryl methyl sites for hydroxylation is 1. The molecule has 0 aliphatic rings. The smallest absolute Gasteiger partial charge is 0.0918 e. The third-order valence-electron chi connectivity index (χ3n) is 3.18. The molecule has 3 N–H and O–H groups in total. The Labute approximate surface area is 111 Å². The Morgan fingerprint density at radius 1 is 1.17 bits per heavy atom. The lowest BCUT2D eigenvalue weighted by atomic mass is 10.1. The summed E-state index contributed by atoms with van der Waals surface area (Å²) in [5, 5.41) is 7.24. The van der Waals surface area contributed by atoms with Crippen LogP contribution in [0.15, 0.2) is 30.3 Å². The Morgan fingerprint density at radius 3 is 2.50 bits per heavy atom. The minimum Gasteiger partial charge on any atom is -0.388 e. The maximum Gasteiger partial charge on any atom is 0.0918 e. The van der Waals surface area contributed by atoms with Gasteiger partial charge in [-0.05, 0) is 37.9 Å². The number of nitrogens with two attached hydrogens (primary N) is 1. The van der Waals surface area contributed by atoms with E-state index in [2.05, 4.69) is 42.2 Å². The highest BCUT2D eigenvalue weighted by molar-refractivity contribution is 5.76. The fourth-order valence-electron chi connectivity index (χ4n) is 2.02. The molecule has 100 valence electrons. The van der Waals surface area contributed by atoms with Crippen molar-refractivity contribution in [3.63, 3.8) is 0 Å². The zero-order valence-electron chi connectivity index (χ0n) is 11.4. The van der Waals surface area contributed by atoms with Gasteiger partial charge in [0.2, 0.25) is 0 Å². The molecule has 0 fully saturated rings. The van der Waals surface area contributed by atoms with Crippen LogP contribution in [-0.4, -0.2) is 30.4 Å². The van der Waals surface area contributed by atoms with Crippen molar-refractivity contribution < 1.29 is 0 Å². The van der Waals surface area contributed by atoms with Gasteiger partial charge in [-0.2, -0.15) is 0 Å². The van der Waals surface area contributed by atoms with E-state index in [9.17, 15) is 0 Å². The largest absolute Gasteiger partial charge is 0.388 e. The normalized spacial score (nSPS) is 10.8. The summed E-state index contributed by atoms with van der Waals surface area (Å²) in [5.74, 6) is 0.290. The first-order chi connectivity index (χ1) is 8.72. The average molecular weight is 247 g/mol. The van der Waals surface area contributed by atoms with E-state index in [-0.39, 0.29) is 5.84 Å². The number of unbranched alkanes of at least 4 members (excludes halogenated alkanes) is 1. The van der Waals surface area contributed by atoms with Crippen LogP contribution in [0.3, 0.4) is 0 Å². The lowest BCUT2D eigenvalue weighted by molar-refractivity contribution is 0.289. The molecule has 3 nitrogen and oxygen atoms in total. The third-order valence-corrected chi connectivity index (χ3v) is 3.18. The number of rotatable bonds is 9. The maximum absolute atomic E-state index is 7.24. The van der Waals surface area contributed by atoms with Crippen LogP contribution >= 0.6 is 0 Å². The fourth-order valence-corrected chi connectivity index (χ4v) is 2.02. The predicted molar refractivity (Wildman–Crippen MR) is 78.0 cm³/mol. The molecule has 0 unspecified atom stereocenters. The molecule has 3 heteroatoms. The molecule has 0 bridgehead atoms.